The van der Waals surface area contributed by atoms with Crippen molar-refractivity contribution in [3.8, 4) is 0 Å². The van der Waals surface area contributed by atoms with Gasteiger partial charge in [0.1, 0.15) is 0 Å². The Kier molecular flexibility index (Phi) is 15.0. The number of alkyl halides is 1. The summed E-state index contributed by atoms with van der Waals surface area (Å²) in [6.07, 6.45) is 7.92. The van der Waals surface area contributed by atoms with Crippen molar-refractivity contribution in [2.45, 2.75) is 20.8 Å². The maximum atomic E-state index is 3.78. The average Bonchev–Trinajstić information content (AvgIpc) is 2.08. The summed E-state index contributed by atoms with van der Waals surface area (Å²) >= 11 is 3.29. The van der Waals surface area contributed by atoms with Crippen LogP contribution in [0.15, 0.2) is 36.5 Å². The molecule has 0 heterocycles. The predicted octanol–water partition coefficient (Wildman–Crippen LogP) is 4.10. The maximum absolute atomic E-state index is 3.78. The van der Waals surface area contributed by atoms with Crippen LogP contribution in [-0.2, 0) is 0 Å². The SMILES string of the molecule is C=C(/C=C\C=C/C)CBr.CC. The van der Waals surface area contributed by atoms with E-state index in [0.29, 0.717) is 0 Å². The lowest BCUT2D eigenvalue weighted by Crippen LogP contribution is -1.71. The van der Waals surface area contributed by atoms with E-state index in [2.05, 4.69) is 22.5 Å². The topological polar surface area (TPSA) is 0 Å². The molecule has 0 aromatic heterocycles. The molecule has 0 radical (unpaired) electrons. The van der Waals surface area contributed by atoms with Crippen molar-refractivity contribution in [1.29, 1.82) is 0 Å². The number of halogens is 1. The van der Waals surface area contributed by atoms with Gasteiger partial charge >= 0.3 is 0 Å². The Labute approximate surface area is 78.8 Å². The van der Waals surface area contributed by atoms with Crippen molar-refractivity contribution >= 4 is 15.9 Å². The van der Waals surface area contributed by atoms with Gasteiger partial charge in [-0.05, 0) is 12.5 Å². The van der Waals surface area contributed by atoms with Gasteiger partial charge in [0.15, 0.2) is 0 Å². The van der Waals surface area contributed by atoms with E-state index < -0.39 is 0 Å². The summed E-state index contributed by atoms with van der Waals surface area (Å²) in [4.78, 5) is 0. The lowest BCUT2D eigenvalue weighted by molar-refractivity contribution is 1.50. The van der Waals surface area contributed by atoms with E-state index in [4.69, 9.17) is 0 Å². The monoisotopic (exact) mass is 216 g/mol. The van der Waals surface area contributed by atoms with Gasteiger partial charge in [-0.2, -0.15) is 0 Å². The first-order valence-corrected chi connectivity index (χ1v) is 4.96. The van der Waals surface area contributed by atoms with Crippen molar-refractivity contribution in [2.24, 2.45) is 0 Å². The molecule has 0 rings (SSSR count). The fraction of sp³-hybridized carbons (Fsp3) is 0.400. The van der Waals surface area contributed by atoms with Crippen LogP contribution < -0.4 is 0 Å². The summed E-state index contributed by atoms with van der Waals surface area (Å²) in [7, 11) is 0. The standard InChI is InChI=1S/C8H11Br.C2H6/c1-3-4-5-6-8(2)7-9;1-2/h3-6H,2,7H2,1H3;1-2H3/b4-3-,6-5-;. The molecule has 0 saturated carbocycles. The van der Waals surface area contributed by atoms with Crippen LogP contribution in [0.2, 0.25) is 0 Å². The van der Waals surface area contributed by atoms with Crippen molar-refractivity contribution in [2.75, 3.05) is 5.33 Å². The van der Waals surface area contributed by atoms with Gasteiger partial charge in [-0.3, -0.25) is 0 Å². The van der Waals surface area contributed by atoms with Crippen LogP contribution in [-0.4, -0.2) is 5.33 Å². The van der Waals surface area contributed by atoms with Crippen LogP contribution in [0.3, 0.4) is 0 Å². The third-order valence-corrected chi connectivity index (χ3v) is 1.53. The van der Waals surface area contributed by atoms with Crippen LogP contribution >= 0.6 is 15.9 Å². The van der Waals surface area contributed by atoms with E-state index >= 15 is 0 Å². The van der Waals surface area contributed by atoms with Gasteiger partial charge in [0.05, 0.1) is 0 Å². The fourth-order valence-corrected chi connectivity index (χ4v) is 0.534. The van der Waals surface area contributed by atoms with Gasteiger partial charge in [-0.15, -0.1) is 0 Å². The first-order chi connectivity index (χ1) is 5.31. The largest absolute Gasteiger partial charge is 0.0950 e. The minimum atomic E-state index is 0.848. The van der Waals surface area contributed by atoms with Gasteiger partial charge in [-0.25, -0.2) is 0 Å². The minimum absolute atomic E-state index is 0.848. The highest BCUT2D eigenvalue weighted by Gasteiger charge is 1.77. The van der Waals surface area contributed by atoms with Gasteiger partial charge < -0.3 is 0 Å². The second-order valence-electron chi connectivity index (χ2n) is 1.68. The summed E-state index contributed by atoms with van der Waals surface area (Å²) in [5.41, 5.74) is 1.09. The molecule has 0 amide bonds. The molecule has 0 aliphatic rings. The Morgan fingerprint density at radius 1 is 1.36 bits per heavy atom. The zero-order valence-corrected chi connectivity index (χ0v) is 9.19. The first kappa shape index (κ1) is 13.3. The third-order valence-electron chi connectivity index (χ3n) is 0.807. The fourth-order valence-electron chi connectivity index (χ4n) is 0.347. The summed E-state index contributed by atoms with van der Waals surface area (Å²) in [5, 5.41) is 0.848. The molecule has 0 spiro atoms. The quantitative estimate of drug-likeness (QED) is 0.493. The highest BCUT2D eigenvalue weighted by Crippen LogP contribution is 1.97. The summed E-state index contributed by atoms with van der Waals surface area (Å²) < 4.78 is 0. The zero-order chi connectivity index (χ0) is 9.11. The smallest absolute Gasteiger partial charge is 0.0277 e. The van der Waals surface area contributed by atoms with Crippen LogP contribution in [0, 0.1) is 0 Å². The van der Waals surface area contributed by atoms with Crippen molar-refractivity contribution in [1.82, 2.24) is 0 Å². The van der Waals surface area contributed by atoms with E-state index in [9.17, 15) is 0 Å². The molecule has 1 heteroatoms. The van der Waals surface area contributed by atoms with Gasteiger partial charge in [-0.1, -0.05) is 60.7 Å². The van der Waals surface area contributed by atoms with Crippen molar-refractivity contribution in [3.63, 3.8) is 0 Å². The second kappa shape index (κ2) is 12.4. The highest BCUT2D eigenvalue weighted by atomic mass is 79.9. The number of hydrogen-bond acceptors (Lipinski definition) is 0. The molecule has 0 aliphatic heterocycles. The Hall–Kier alpha value is -0.300. The Morgan fingerprint density at radius 3 is 2.27 bits per heavy atom. The zero-order valence-electron chi connectivity index (χ0n) is 7.60. The molecular formula is C10H17Br. The molecule has 0 saturated heterocycles. The van der Waals surface area contributed by atoms with E-state index in [1.165, 1.54) is 0 Å². The molecule has 0 aliphatic carbocycles. The van der Waals surface area contributed by atoms with Crippen LogP contribution in [0.4, 0.5) is 0 Å². The first-order valence-electron chi connectivity index (χ1n) is 3.84. The highest BCUT2D eigenvalue weighted by molar-refractivity contribution is 9.09. The molecule has 0 aromatic rings. The molecule has 0 aromatic carbocycles. The van der Waals surface area contributed by atoms with E-state index in [1.807, 2.05) is 45.1 Å². The molecule has 0 atom stereocenters. The predicted molar refractivity (Wildman–Crippen MR) is 58.2 cm³/mol. The van der Waals surface area contributed by atoms with Gasteiger partial charge in [0.2, 0.25) is 0 Å². The Balaban J connectivity index is 0. The van der Waals surface area contributed by atoms with E-state index in [-0.39, 0.29) is 0 Å². The molecule has 0 nitrogen and oxygen atoms in total. The lowest BCUT2D eigenvalue weighted by Gasteiger charge is -1.85. The average molecular weight is 217 g/mol. The minimum Gasteiger partial charge on any atom is -0.0950 e. The summed E-state index contributed by atoms with van der Waals surface area (Å²) in [6, 6.07) is 0. The second-order valence-corrected chi connectivity index (χ2v) is 2.24. The molecular weight excluding hydrogens is 200 g/mol. The number of allylic oxidation sites excluding steroid dienone is 5. The summed E-state index contributed by atoms with van der Waals surface area (Å²) in [5.74, 6) is 0. The van der Waals surface area contributed by atoms with Crippen molar-refractivity contribution in [3.05, 3.63) is 36.5 Å². The third kappa shape index (κ3) is 12.8. The summed E-state index contributed by atoms with van der Waals surface area (Å²) in [6.45, 7) is 9.76. The van der Waals surface area contributed by atoms with Crippen LogP contribution in [0.5, 0.6) is 0 Å². The van der Waals surface area contributed by atoms with Crippen molar-refractivity contribution < 1.29 is 0 Å². The van der Waals surface area contributed by atoms with Crippen LogP contribution in [0.25, 0.3) is 0 Å². The molecule has 0 fully saturated rings. The van der Waals surface area contributed by atoms with E-state index in [1.54, 1.807) is 0 Å². The lowest BCUT2D eigenvalue weighted by atomic mass is 10.3. The van der Waals surface area contributed by atoms with Gasteiger partial charge in [0, 0.05) is 5.33 Å². The Bertz CT molecular complexity index is 132. The molecule has 11 heavy (non-hydrogen) atoms. The molecule has 0 N–H and O–H groups in total. The number of rotatable bonds is 3. The molecule has 64 valence electrons. The Morgan fingerprint density at radius 2 is 1.91 bits per heavy atom. The number of hydrogen-bond donors (Lipinski definition) is 0. The molecule has 0 bridgehead atoms. The normalized spacial score (nSPS) is 9.82. The van der Waals surface area contributed by atoms with Crippen LogP contribution in [0.1, 0.15) is 20.8 Å². The maximum Gasteiger partial charge on any atom is 0.0277 e. The van der Waals surface area contributed by atoms with Gasteiger partial charge in [0.25, 0.3) is 0 Å². The van der Waals surface area contributed by atoms with E-state index in [0.717, 1.165) is 10.9 Å². The molecule has 0 unspecified atom stereocenters.